The Bertz CT molecular complexity index is 449. The number of carbonyl (C=O) groups is 1. The number of carbonyl (C=O) groups excluding carboxylic acids is 1. The molecule has 5 nitrogen and oxygen atoms in total. The van der Waals surface area contributed by atoms with E-state index in [9.17, 15) is 9.59 Å². The molecule has 5 heteroatoms. The summed E-state index contributed by atoms with van der Waals surface area (Å²) in [5.41, 5.74) is -0.141. The molecule has 17 heavy (non-hydrogen) atoms. The average molecular weight is 236 g/mol. The van der Waals surface area contributed by atoms with Gasteiger partial charge in [0.05, 0.1) is 12.1 Å². The van der Waals surface area contributed by atoms with Crippen molar-refractivity contribution in [2.24, 2.45) is 0 Å². The molecule has 0 bridgehead atoms. The first-order chi connectivity index (χ1) is 8.18. The van der Waals surface area contributed by atoms with Gasteiger partial charge in [0.1, 0.15) is 5.56 Å². The van der Waals surface area contributed by atoms with Crippen LogP contribution in [0.15, 0.2) is 23.3 Å². The van der Waals surface area contributed by atoms with Crippen molar-refractivity contribution in [3.05, 3.63) is 34.2 Å². The summed E-state index contributed by atoms with van der Waals surface area (Å²) in [6, 6.07) is 1.26. The van der Waals surface area contributed by atoms with Crippen LogP contribution in [0.1, 0.15) is 30.1 Å². The maximum absolute atomic E-state index is 11.8. The van der Waals surface area contributed by atoms with Crippen molar-refractivity contribution < 1.29 is 9.53 Å². The number of hydrogen-bond donors (Lipinski definition) is 2. The molecular formula is C12H16N2O3. The SMILES string of the molecule is CC(NC(=O)c1c[nH]ccc1=O)C1CCCO1. The standard InChI is InChI=1S/C12H16N2O3/c1-8(11-3-2-6-17-11)14-12(16)9-7-13-5-4-10(9)15/h4-5,7-8,11H,2-3,6H2,1H3,(H,13,15)(H,14,16). The smallest absolute Gasteiger partial charge is 0.257 e. The van der Waals surface area contributed by atoms with Crippen LogP contribution < -0.4 is 10.7 Å². The summed E-state index contributed by atoms with van der Waals surface area (Å²) in [5.74, 6) is -0.352. The second kappa shape index (κ2) is 5.14. The molecule has 1 aliphatic heterocycles. The Kier molecular flexibility index (Phi) is 3.58. The molecule has 1 amide bonds. The van der Waals surface area contributed by atoms with E-state index in [0.29, 0.717) is 0 Å². The van der Waals surface area contributed by atoms with Gasteiger partial charge in [0.2, 0.25) is 0 Å². The van der Waals surface area contributed by atoms with Gasteiger partial charge in [-0.1, -0.05) is 0 Å². The summed E-state index contributed by atoms with van der Waals surface area (Å²) in [7, 11) is 0. The van der Waals surface area contributed by atoms with Gasteiger partial charge < -0.3 is 15.0 Å². The Morgan fingerprint density at radius 3 is 3.12 bits per heavy atom. The Morgan fingerprint density at radius 2 is 2.47 bits per heavy atom. The molecule has 92 valence electrons. The van der Waals surface area contributed by atoms with E-state index in [-0.39, 0.29) is 29.0 Å². The molecule has 1 aromatic rings. The monoisotopic (exact) mass is 236 g/mol. The highest BCUT2D eigenvalue weighted by Gasteiger charge is 2.24. The molecule has 0 radical (unpaired) electrons. The molecule has 1 fully saturated rings. The third kappa shape index (κ3) is 2.74. The van der Waals surface area contributed by atoms with Gasteiger partial charge in [-0.3, -0.25) is 9.59 Å². The van der Waals surface area contributed by atoms with Crippen LogP contribution in [0.2, 0.25) is 0 Å². The molecule has 2 heterocycles. The lowest BCUT2D eigenvalue weighted by molar-refractivity contribution is 0.0711. The fourth-order valence-electron chi connectivity index (χ4n) is 1.97. The van der Waals surface area contributed by atoms with Crippen LogP contribution in [-0.4, -0.2) is 29.6 Å². The number of rotatable bonds is 3. The number of nitrogens with one attached hydrogen (secondary N) is 2. The molecule has 1 aliphatic rings. The van der Waals surface area contributed by atoms with E-state index in [0.717, 1.165) is 19.4 Å². The molecule has 2 unspecified atom stereocenters. The minimum Gasteiger partial charge on any atom is -0.376 e. The number of H-pyrrole nitrogens is 1. The Hall–Kier alpha value is -1.62. The summed E-state index contributed by atoms with van der Waals surface area (Å²) in [5, 5.41) is 2.80. The van der Waals surface area contributed by atoms with Crippen LogP contribution in [0.4, 0.5) is 0 Å². The van der Waals surface area contributed by atoms with Crippen LogP contribution >= 0.6 is 0 Å². The second-order valence-electron chi connectivity index (χ2n) is 4.24. The van der Waals surface area contributed by atoms with Crippen molar-refractivity contribution in [3.63, 3.8) is 0 Å². The van der Waals surface area contributed by atoms with E-state index in [1.807, 2.05) is 6.92 Å². The van der Waals surface area contributed by atoms with Crippen LogP contribution in [-0.2, 0) is 4.74 Å². The van der Waals surface area contributed by atoms with Crippen molar-refractivity contribution in [3.8, 4) is 0 Å². The highest BCUT2D eigenvalue weighted by atomic mass is 16.5. The maximum atomic E-state index is 11.8. The highest BCUT2D eigenvalue weighted by Crippen LogP contribution is 2.15. The molecular weight excluding hydrogens is 220 g/mol. The minimum atomic E-state index is -0.352. The average Bonchev–Trinajstić information content (AvgIpc) is 2.82. The zero-order valence-electron chi connectivity index (χ0n) is 9.73. The van der Waals surface area contributed by atoms with E-state index >= 15 is 0 Å². The van der Waals surface area contributed by atoms with Crippen molar-refractivity contribution >= 4 is 5.91 Å². The number of pyridine rings is 1. The second-order valence-corrected chi connectivity index (χ2v) is 4.24. The molecule has 0 aromatic carbocycles. The lowest BCUT2D eigenvalue weighted by Gasteiger charge is -2.19. The highest BCUT2D eigenvalue weighted by molar-refractivity contribution is 5.93. The van der Waals surface area contributed by atoms with Crippen molar-refractivity contribution in [1.82, 2.24) is 10.3 Å². The van der Waals surface area contributed by atoms with Gasteiger partial charge in [0, 0.05) is 25.1 Å². The molecule has 0 saturated carbocycles. The largest absolute Gasteiger partial charge is 0.376 e. The number of amides is 1. The fraction of sp³-hybridized carbons (Fsp3) is 0.500. The predicted octanol–water partition coefficient (Wildman–Crippen LogP) is 0.672. The molecule has 1 saturated heterocycles. The third-order valence-corrected chi connectivity index (χ3v) is 2.95. The topological polar surface area (TPSA) is 71.2 Å². The van der Waals surface area contributed by atoms with Crippen molar-refractivity contribution in [1.29, 1.82) is 0 Å². The molecule has 2 rings (SSSR count). The van der Waals surface area contributed by atoms with Crippen LogP contribution in [0.5, 0.6) is 0 Å². The molecule has 1 aromatic heterocycles. The zero-order chi connectivity index (χ0) is 12.3. The summed E-state index contributed by atoms with van der Waals surface area (Å²) in [6.07, 6.45) is 4.95. The quantitative estimate of drug-likeness (QED) is 0.810. The van der Waals surface area contributed by atoms with Crippen LogP contribution in [0, 0.1) is 0 Å². The molecule has 0 aliphatic carbocycles. The molecule has 2 N–H and O–H groups in total. The molecule has 0 spiro atoms. The van der Waals surface area contributed by atoms with Gasteiger partial charge in [0.15, 0.2) is 5.43 Å². The Morgan fingerprint density at radius 1 is 1.65 bits per heavy atom. The van der Waals surface area contributed by atoms with Gasteiger partial charge in [0.25, 0.3) is 5.91 Å². The first-order valence-electron chi connectivity index (χ1n) is 5.78. The minimum absolute atomic E-state index is 0.0572. The maximum Gasteiger partial charge on any atom is 0.257 e. The Balaban J connectivity index is 2.01. The van der Waals surface area contributed by atoms with E-state index in [1.54, 1.807) is 0 Å². The number of aromatic amines is 1. The van der Waals surface area contributed by atoms with E-state index in [1.165, 1.54) is 18.5 Å². The lowest BCUT2D eigenvalue weighted by Crippen LogP contribution is -2.42. The summed E-state index contributed by atoms with van der Waals surface area (Å²) < 4.78 is 5.48. The van der Waals surface area contributed by atoms with E-state index < -0.39 is 0 Å². The lowest BCUT2D eigenvalue weighted by atomic mass is 10.1. The first kappa shape index (κ1) is 11.9. The normalized spacial score (nSPS) is 21.1. The summed E-state index contributed by atoms with van der Waals surface area (Å²) >= 11 is 0. The van der Waals surface area contributed by atoms with Crippen molar-refractivity contribution in [2.75, 3.05) is 6.61 Å². The van der Waals surface area contributed by atoms with Crippen LogP contribution in [0.3, 0.4) is 0 Å². The van der Waals surface area contributed by atoms with E-state index in [2.05, 4.69) is 10.3 Å². The number of ether oxygens (including phenoxy) is 1. The third-order valence-electron chi connectivity index (χ3n) is 2.95. The van der Waals surface area contributed by atoms with Crippen LogP contribution in [0.25, 0.3) is 0 Å². The predicted molar refractivity (Wildman–Crippen MR) is 63.0 cm³/mol. The van der Waals surface area contributed by atoms with Gasteiger partial charge in [-0.05, 0) is 19.8 Å². The summed E-state index contributed by atoms with van der Waals surface area (Å²) in [4.78, 5) is 26.0. The first-order valence-corrected chi connectivity index (χ1v) is 5.78. The Labute approximate surface area is 99.2 Å². The van der Waals surface area contributed by atoms with Gasteiger partial charge >= 0.3 is 0 Å². The molecule has 2 atom stereocenters. The number of hydrogen-bond acceptors (Lipinski definition) is 3. The van der Waals surface area contributed by atoms with Gasteiger partial charge in [-0.25, -0.2) is 0 Å². The van der Waals surface area contributed by atoms with E-state index in [4.69, 9.17) is 4.74 Å². The number of aromatic nitrogens is 1. The zero-order valence-corrected chi connectivity index (χ0v) is 9.73. The summed E-state index contributed by atoms with van der Waals surface area (Å²) in [6.45, 7) is 2.64. The van der Waals surface area contributed by atoms with Gasteiger partial charge in [-0.15, -0.1) is 0 Å². The van der Waals surface area contributed by atoms with Crippen molar-refractivity contribution in [2.45, 2.75) is 31.9 Å². The fourth-order valence-corrected chi connectivity index (χ4v) is 1.97. The van der Waals surface area contributed by atoms with Gasteiger partial charge in [-0.2, -0.15) is 0 Å².